The van der Waals surface area contributed by atoms with Crippen molar-refractivity contribution >= 4 is 22.1 Å². The van der Waals surface area contributed by atoms with E-state index in [0.717, 1.165) is 16.5 Å². The molecule has 0 saturated heterocycles. The van der Waals surface area contributed by atoms with Gasteiger partial charge in [0.1, 0.15) is 0 Å². The molecule has 0 amide bonds. The van der Waals surface area contributed by atoms with Crippen LogP contribution in [0.4, 0.5) is 20.2 Å². The molecule has 1 aromatic heterocycles. The number of aryl methyl sites for hydroxylation is 1. The molecule has 1 aromatic carbocycles. The summed E-state index contributed by atoms with van der Waals surface area (Å²) >= 11 is 0. The van der Waals surface area contributed by atoms with Gasteiger partial charge in [-0.05, 0) is 25.1 Å². The van der Waals surface area contributed by atoms with Gasteiger partial charge in [0.2, 0.25) is 0 Å². The first-order valence-electron chi connectivity index (χ1n) is 6.31. The van der Waals surface area contributed by atoms with Crippen molar-refractivity contribution in [3.8, 4) is 0 Å². The number of nitrogen functional groups attached to an aromatic ring is 1. The van der Waals surface area contributed by atoms with Crippen LogP contribution in [0.15, 0.2) is 24.4 Å². The van der Waals surface area contributed by atoms with E-state index in [-0.39, 0.29) is 13.2 Å². The van der Waals surface area contributed by atoms with Crippen molar-refractivity contribution in [2.24, 2.45) is 0 Å². The van der Waals surface area contributed by atoms with E-state index < -0.39 is 13.0 Å². The van der Waals surface area contributed by atoms with E-state index in [2.05, 4.69) is 4.98 Å². The second-order valence-electron chi connectivity index (χ2n) is 4.61. The number of rotatable bonds is 5. The lowest BCUT2D eigenvalue weighted by atomic mass is 10.1. The van der Waals surface area contributed by atoms with Crippen molar-refractivity contribution in [3.63, 3.8) is 0 Å². The Morgan fingerprint density at radius 1 is 1.35 bits per heavy atom. The zero-order valence-corrected chi connectivity index (χ0v) is 11.2. The smallest absolute Gasteiger partial charge is 0.255 e. The second-order valence-corrected chi connectivity index (χ2v) is 4.61. The van der Waals surface area contributed by atoms with Crippen molar-refractivity contribution in [2.75, 3.05) is 30.3 Å². The first-order chi connectivity index (χ1) is 9.52. The second kappa shape index (κ2) is 6.00. The van der Waals surface area contributed by atoms with E-state index in [1.807, 2.05) is 13.0 Å². The molecule has 0 spiro atoms. The molecule has 0 saturated carbocycles. The first-order valence-corrected chi connectivity index (χ1v) is 6.31. The fourth-order valence-electron chi connectivity index (χ4n) is 2.22. The predicted octanol–water partition coefficient (Wildman–Crippen LogP) is 2.19. The van der Waals surface area contributed by atoms with Crippen LogP contribution in [-0.2, 0) is 0 Å². The highest BCUT2D eigenvalue weighted by Crippen LogP contribution is 2.31. The van der Waals surface area contributed by atoms with Crippen LogP contribution < -0.4 is 10.6 Å². The average Bonchev–Trinajstić information content (AvgIpc) is 2.38. The maximum absolute atomic E-state index is 12.7. The SMILES string of the molecule is Cc1cc2c(N(CCO)CC(F)F)ccc(N)c2cn1. The zero-order valence-electron chi connectivity index (χ0n) is 11.2. The minimum atomic E-state index is -2.47. The van der Waals surface area contributed by atoms with Crippen molar-refractivity contribution in [1.82, 2.24) is 4.98 Å². The van der Waals surface area contributed by atoms with Crippen LogP contribution in [0, 0.1) is 6.92 Å². The van der Waals surface area contributed by atoms with E-state index >= 15 is 0 Å². The van der Waals surface area contributed by atoms with Crippen LogP contribution in [0.25, 0.3) is 10.8 Å². The standard InChI is InChI=1S/C14H17F2N3O/c1-9-6-10-11(7-18-9)12(17)2-3-13(10)19(4-5-20)8-14(15)16/h2-3,6-7,14,20H,4-5,8,17H2,1H3. The third kappa shape index (κ3) is 2.96. The molecular weight excluding hydrogens is 264 g/mol. The van der Waals surface area contributed by atoms with Gasteiger partial charge in [-0.25, -0.2) is 8.78 Å². The fourth-order valence-corrected chi connectivity index (χ4v) is 2.22. The van der Waals surface area contributed by atoms with E-state index in [9.17, 15) is 8.78 Å². The number of nitrogens with two attached hydrogens (primary N) is 1. The van der Waals surface area contributed by atoms with E-state index in [1.54, 1.807) is 18.3 Å². The molecular formula is C14H17F2N3O. The van der Waals surface area contributed by atoms with Crippen LogP contribution in [0.2, 0.25) is 0 Å². The summed E-state index contributed by atoms with van der Waals surface area (Å²) in [4.78, 5) is 5.64. The molecule has 0 aliphatic heterocycles. The van der Waals surface area contributed by atoms with Gasteiger partial charge in [-0.15, -0.1) is 0 Å². The number of anilines is 2. The molecule has 4 nitrogen and oxygen atoms in total. The Kier molecular flexibility index (Phi) is 4.34. The number of aliphatic hydroxyl groups excluding tert-OH is 1. The Bertz CT molecular complexity index is 604. The molecule has 3 N–H and O–H groups in total. The van der Waals surface area contributed by atoms with Gasteiger partial charge < -0.3 is 15.7 Å². The van der Waals surface area contributed by atoms with Gasteiger partial charge in [-0.2, -0.15) is 0 Å². The van der Waals surface area contributed by atoms with E-state index in [0.29, 0.717) is 11.4 Å². The normalized spacial score (nSPS) is 11.2. The van der Waals surface area contributed by atoms with Crippen LogP contribution in [0.3, 0.4) is 0 Å². The van der Waals surface area contributed by atoms with Crippen molar-refractivity contribution in [3.05, 3.63) is 30.1 Å². The molecule has 0 radical (unpaired) electrons. The lowest BCUT2D eigenvalue weighted by Crippen LogP contribution is -2.31. The van der Waals surface area contributed by atoms with Gasteiger partial charge in [0.05, 0.1) is 13.2 Å². The highest BCUT2D eigenvalue weighted by atomic mass is 19.3. The molecule has 0 aliphatic rings. The van der Waals surface area contributed by atoms with Crippen LogP contribution in [0.1, 0.15) is 5.69 Å². The summed E-state index contributed by atoms with van der Waals surface area (Å²) in [5.74, 6) is 0. The Hall–Kier alpha value is -1.95. The molecule has 108 valence electrons. The molecule has 0 bridgehead atoms. The summed E-state index contributed by atoms with van der Waals surface area (Å²) in [7, 11) is 0. The summed E-state index contributed by atoms with van der Waals surface area (Å²) in [6.45, 7) is 1.35. The molecule has 0 atom stereocenters. The summed E-state index contributed by atoms with van der Waals surface area (Å²) in [5.41, 5.74) is 7.86. The number of alkyl halides is 2. The van der Waals surface area contributed by atoms with Crippen LogP contribution in [-0.4, -0.2) is 36.2 Å². The third-order valence-corrected chi connectivity index (χ3v) is 3.12. The zero-order chi connectivity index (χ0) is 14.7. The topological polar surface area (TPSA) is 62.4 Å². The maximum atomic E-state index is 12.7. The molecule has 0 fully saturated rings. The van der Waals surface area contributed by atoms with Gasteiger partial charge in [0, 0.05) is 40.6 Å². The van der Waals surface area contributed by atoms with Crippen molar-refractivity contribution < 1.29 is 13.9 Å². The van der Waals surface area contributed by atoms with Crippen molar-refractivity contribution in [2.45, 2.75) is 13.3 Å². The Balaban J connectivity index is 2.56. The lowest BCUT2D eigenvalue weighted by Gasteiger charge is -2.25. The number of aliphatic hydroxyl groups is 1. The summed E-state index contributed by atoms with van der Waals surface area (Å²) < 4.78 is 25.4. The van der Waals surface area contributed by atoms with Crippen molar-refractivity contribution in [1.29, 1.82) is 0 Å². The quantitative estimate of drug-likeness (QED) is 0.825. The molecule has 1 heterocycles. The van der Waals surface area contributed by atoms with Gasteiger partial charge in [0.15, 0.2) is 0 Å². The molecule has 2 rings (SSSR count). The summed E-state index contributed by atoms with van der Waals surface area (Å²) in [6.07, 6.45) is -0.833. The Morgan fingerprint density at radius 3 is 2.75 bits per heavy atom. The lowest BCUT2D eigenvalue weighted by molar-refractivity contribution is 0.153. The minimum absolute atomic E-state index is 0.144. The monoisotopic (exact) mass is 281 g/mol. The molecule has 6 heteroatoms. The highest BCUT2D eigenvalue weighted by molar-refractivity contribution is 6.01. The van der Waals surface area contributed by atoms with Gasteiger partial charge in [0.25, 0.3) is 6.43 Å². The van der Waals surface area contributed by atoms with Gasteiger partial charge in [-0.3, -0.25) is 4.98 Å². The minimum Gasteiger partial charge on any atom is -0.398 e. The Morgan fingerprint density at radius 2 is 2.10 bits per heavy atom. The van der Waals surface area contributed by atoms with E-state index in [4.69, 9.17) is 10.8 Å². The van der Waals surface area contributed by atoms with Crippen LogP contribution in [0.5, 0.6) is 0 Å². The predicted molar refractivity (Wildman–Crippen MR) is 76.2 cm³/mol. The Labute approximate surface area is 115 Å². The average molecular weight is 281 g/mol. The number of fused-ring (bicyclic) bond motifs is 1. The third-order valence-electron chi connectivity index (χ3n) is 3.12. The summed E-state index contributed by atoms with van der Waals surface area (Å²) in [6, 6.07) is 5.19. The number of benzene rings is 1. The number of halogens is 2. The number of aromatic nitrogens is 1. The highest BCUT2D eigenvalue weighted by Gasteiger charge is 2.16. The molecule has 2 aromatic rings. The first kappa shape index (κ1) is 14.5. The largest absolute Gasteiger partial charge is 0.398 e. The number of hydrogen-bond donors (Lipinski definition) is 2. The number of pyridine rings is 1. The summed E-state index contributed by atoms with van der Waals surface area (Å²) in [5, 5.41) is 10.6. The molecule has 0 unspecified atom stereocenters. The maximum Gasteiger partial charge on any atom is 0.255 e. The van der Waals surface area contributed by atoms with Gasteiger partial charge >= 0.3 is 0 Å². The van der Waals surface area contributed by atoms with Gasteiger partial charge in [-0.1, -0.05) is 0 Å². The number of nitrogens with zero attached hydrogens (tertiary/aromatic N) is 2. The molecule has 20 heavy (non-hydrogen) atoms. The van der Waals surface area contributed by atoms with Crippen LogP contribution >= 0.6 is 0 Å². The number of hydrogen-bond acceptors (Lipinski definition) is 4. The fraction of sp³-hybridized carbons (Fsp3) is 0.357. The molecule has 0 aliphatic carbocycles. The van der Waals surface area contributed by atoms with E-state index in [1.165, 1.54) is 4.90 Å².